The van der Waals surface area contributed by atoms with Crippen molar-refractivity contribution in [1.82, 2.24) is 34.9 Å². The second kappa shape index (κ2) is 7.35. The van der Waals surface area contributed by atoms with E-state index >= 15 is 0 Å². The number of aromatic nitrogens is 7. The zero-order valence-electron chi connectivity index (χ0n) is 16.0. The molecule has 0 saturated carbocycles. The van der Waals surface area contributed by atoms with E-state index in [0.717, 1.165) is 34.3 Å². The predicted molar refractivity (Wildman–Crippen MR) is 110 cm³/mol. The Balaban J connectivity index is 1.45. The average molecular weight is 381 g/mol. The molecule has 0 N–H and O–H groups in total. The molecular formula is C22H19N7. The molecule has 5 rings (SSSR count). The molecule has 5 aromatic rings. The number of pyridine rings is 2. The SMILES string of the molecule is CCc1cc(Cc2cnc3nnn(Cc4ccc5ncccc5c4)c3n2)ccn1. The van der Waals surface area contributed by atoms with E-state index in [1.54, 1.807) is 17.1 Å². The molecule has 29 heavy (non-hydrogen) atoms. The number of hydrogen-bond acceptors (Lipinski definition) is 6. The van der Waals surface area contributed by atoms with Crippen molar-refractivity contribution in [3.05, 3.63) is 83.6 Å². The van der Waals surface area contributed by atoms with Gasteiger partial charge in [-0.1, -0.05) is 24.3 Å². The fourth-order valence-electron chi connectivity index (χ4n) is 3.42. The van der Waals surface area contributed by atoms with Crippen LogP contribution in [0.5, 0.6) is 0 Å². The first-order valence-corrected chi connectivity index (χ1v) is 9.61. The van der Waals surface area contributed by atoms with Gasteiger partial charge in [-0.15, -0.1) is 5.10 Å². The van der Waals surface area contributed by atoms with E-state index in [-0.39, 0.29) is 0 Å². The Labute approximate surface area is 167 Å². The molecule has 1 aromatic carbocycles. The number of nitrogens with zero attached hydrogens (tertiary/aromatic N) is 7. The number of rotatable bonds is 5. The molecule has 0 aliphatic carbocycles. The van der Waals surface area contributed by atoms with Gasteiger partial charge >= 0.3 is 0 Å². The topological polar surface area (TPSA) is 82.3 Å². The number of hydrogen-bond donors (Lipinski definition) is 0. The lowest BCUT2D eigenvalue weighted by Crippen LogP contribution is -2.04. The number of benzene rings is 1. The largest absolute Gasteiger partial charge is 0.261 e. The summed E-state index contributed by atoms with van der Waals surface area (Å²) < 4.78 is 1.80. The van der Waals surface area contributed by atoms with Gasteiger partial charge in [-0.25, -0.2) is 14.6 Å². The van der Waals surface area contributed by atoms with Gasteiger partial charge < -0.3 is 0 Å². The van der Waals surface area contributed by atoms with Crippen LogP contribution in [0.15, 0.2) is 61.1 Å². The maximum absolute atomic E-state index is 4.79. The van der Waals surface area contributed by atoms with Crippen molar-refractivity contribution in [3.63, 3.8) is 0 Å². The summed E-state index contributed by atoms with van der Waals surface area (Å²) >= 11 is 0. The summed E-state index contributed by atoms with van der Waals surface area (Å²) in [4.78, 5) is 18.0. The molecule has 0 aliphatic rings. The number of aryl methyl sites for hydroxylation is 1. The van der Waals surface area contributed by atoms with Crippen LogP contribution < -0.4 is 0 Å². The van der Waals surface area contributed by atoms with Crippen molar-refractivity contribution in [1.29, 1.82) is 0 Å². The average Bonchev–Trinajstić information content (AvgIpc) is 3.16. The summed E-state index contributed by atoms with van der Waals surface area (Å²) in [6, 6.07) is 14.3. The van der Waals surface area contributed by atoms with Crippen molar-refractivity contribution in [2.75, 3.05) is 0 Å². The van der Waals surface area contributed by atoms with Crippen LogP contribution in [0.4, 0.5) is 0 Å². The standard InChI is InChI=1S/C22H19N7/c1-2-18-11-15(7-9-23-18)12-19-13-25-21-22(26-19)29(28-27-21)14-16-5-6-20-17(10-16)4-3-8-24-20/h3-11,13H,2,12,14H2,1H3. The van der Waals surface area contributed by atoms with Crippen molar-refractivity contribution in [2.24, 2.45) is 0 Å². The summed E-state index contributed by atoms with van der Waals surface area (Å²) in [5.74, 6) is 0. The van der Waals surface area contributed by atoms with E-state index in [9.17, 15) is 0 Å². The zero-order valence-corrected chi connectivity index (χ0v) is 16.0. The van der Waals surface area contributed by atoms with Gasteiger partial charge in [0.25, 0.3) is 0 Å². The van der Waals surface area contributed by atoms with Gasteiger partial charge in [-0.05, 0) is 47.9 Å². The molecular weight excluding hydrogens is 362 g/mol. The van der Waals surface area contributed by atoms with Crippen LogP contribution in [0.1, 0.15) is 29.4 Å². The van der Waals surface area contributed by atoms with Crippen LogP contribution in [0.3, 0.4) is 0 Å². The molecule has 142 valence electrons. The Kier molecular flexibility index (Phi) is 4.40. The highest BCUT2D eigenvalue weighted by molar-refractivity contribution is 5.79. The highest BCUT2D eigenvalue weighted by Gasteiger charge is 2.10. The second-order valence-electron chi connectivity index (χ2n) is 6.97. The lowest BCUT2D eigenvalue weighted by molar-refractivity contribution is 0.663. The lowest BCUT2D eigenvalue weighted by atomic mass is 10.1. The van der Waals surface area contributed by atoms with Crippen LogP contribution in [-0.4, -0.2) is 34.9 Å². The molecule has 0 atom stereocenters. The van der Waals surface area contributed by atoms with Crippen LogP contribution in [0.25, 0.3) is 22.2 Å². The highest BCUT2D eigenvalue weighted by atomic mass is 15.4. The molecule has 7 heteroatoms. The van der Waals surface area contributed by atoms with Crippen LogP contribution in [0.2, 0.25) is 0 Å². The minimum Gasteiger partial charge on any atom is -0.261 e. The van der Waals surface area contributed by atoms with Crippen LogP contribution in [0, 0.1) is 0 Å². The van der Waals surface area contributed by atoms with Crippen molar-refractivity contribution >= 4 is 22.2 Å². The summed E-state index contributed by atoms with van der Waals surface area (Å²) in [6.45, 7) is 2.68. The summed E-state index contributed by atoms with van der Waals surface area (Å²) in [5.41, 5.74) is 6.48. The fraction of sp³-hybridized carbons (Fsp3) is 0.182. The van der Waals surface area contributed by atoms with E-state index in [0.29, 0.717) is 24.3 Å². The highest BCUT2D eigenvalue weighted by Crippen LogP contribution is 2.16. The summed E-state index contributed by atoms with van der Waals surface area (Å²) in [6.07, 6.45) is 7.04. The lowest BCUT2D eigenvalue weighted by Gasteiger charge is -2.06. The summed E-state index contributed by atoms with van der Waals surface area (Å²) in [5, 5.41) is 9.53. The van der Waals surface area contributed by atoms with Gasteiger partial charge in [0.2, 0.25) is 5.65 Å². The van der Waals surface area contributed by atoms with Crippen LogP contribution >= 0.6 is 0 Å². The first kappa shape index (κ1) is 17.4. The summed E-state index contributed by atoms with van der Waals surface area (Å²) in [7, 11) is 0. The third-order valence-electron chi connectivity index (χ3n) is 4.91. The second-order valence-corrected chi connectivity index (χ2v) is 6.97. The third-order valence-corrected chi connectivity index (χ3v) is 4.91. The Morgan fingerprint density at radius 1 is 0.897 bits per heavy atom. The smallest absolute Gasteiger partial charge is 0.221 e. The Morgan fingerprint density at radius 2 is 1.86 bits per heavy atom. The quantitative estimate of drug-likeness (QED) is 0.464. The maximum Gasteiger partial charge on any atom is 0.221 e. The molecule has 0 bridgehead atoms. The minimum atomic E-state index is 0.556. The Bertz CT molecular complexity index is 1310. The normalized spacial score (nSPS) is 11.3. The molecule has 0 unspecified atom stereocenters. The molecule has 0 saturated heterocycles. The van der Waals surface area contributed by atoms with E-state index in [4.69, 9.17) is 4.98 Å². The van der Waals surface area contributed by atoms with E-state index in [2.05, 4.69) is 56.5 Å². The molecule has 0 spiro atoms. The van der Waals surface area contributed by atoms with Crippen molar-refractivity contribution < 1.29 is 0 Å². The molecule has 0 amide bonds. The van der Waals surface area contributed by atoms with Gasteiger partial charge in [0, 0.05) is 29.9 Å². The van der Waals surface area contributed by atoms with Gasteiger partial charge in [-0.2, -0.15) is 0 Å². The van der Waals surface area contributed by atoms with Gasteiger partial charge in [0.05, 0.1) is 24.0 Å². The van der Waals surface area contributed by atoms with Gasteiger partial charge in [0.1, 0.15) is 0 Å². The third kappa shape index (κ3) is 3.54. The molecule has 4 heterocycles. The van der Waals surface area contributed by atoms with Crippen molar-refractivity contribution in [2.45, 2.75) is 26.3 Å². The molecule has 4 aromatic heterocycles. The fourth-order valence-corrected chi connectivity index (χ4v) is 3.42. The minimum absolute atomic E-state index is 0.556. The first-order valence-electron chi connectivity index (χ1n) is 9.61. The molecule has 0 fully saturated rings. The monoisotopic (exact) mass is 381 g/mol. The predicted octanol–water partition coefficient (Wildman–Crippen LogP) is 3.37. The Morgan fingerprint density at radius 3 is 2.79 bits per heavy atom. The van der Waals surface area contributed by atoms with E-state index in [1.807, 2.05) is 24.4 Å². The van der Waals surface area contributed by atoms with E-state index < -0.39 is 0 Å². The Hall–Kier alpha value is -3.74. The molecule has 0 aliphatic heterocycles. The maximum atomic E-state index is 4.79. The first-order chi connectivity index (χ1) is 14.3. The molecule has 7 nitrogen and oxygen atoms in total. The zero-order chi connectivity index (χ0) is 19.6. The number of fused-ring (bicyclic) bond motifs is 2. The van der Waals surface area contributed by atoms with Gasteiger partial charge in [0.15, 0.2) is 5.65 Å². The van der Waals surface area contributed by atoms with Gasteiger partial charge in [-0.3, -0.25) is 9.97 Å². The van der Waals surface area contributed by atoms with E-state index in [1.165, 1.54) is 5.56 Å². The van der Waals surface area contributed by atoms with Crippen molar-refractivity contribution in [3.8, 4) is 0 Å². The molecule has 0 radical (unpaired) electrons. The van der Waals surface area contributed by atoms with Crippen LogP contribution in [-0.2, 0) is 19.4 Å².